The smallest absolute Gasteiger partial charge is 0.186 e. The van der Waals surface area contributed by atoms with Crippen LogP contribution in [0.2, 0.25) is 0 Å². The quantitative estimate of drug-likeness (QED) is 0.193. The van der Waals surface area contributed by atoms with Crippen LogP contribution in [0.25, 0.3) is 0 Å². The molecule has 10 heteroatoms. The molecule has 10 nitrogen and oxygen atoms in total. The Kier molecular flexibility index (Phi) is 8.74. The topological polar surface area (TPSA) is 169 Å². The van der Waals surface area contributed by atoms with Crippen LogP contribution in [0.1, 0.15) is 93.4 Å². The van der Waals surface area contributed by atoms with E-state index in [1.807, 2.05) is 0 Å². The fraction of sp³-hybridized carbons (Fsp3) is 0.944. The predicted molar refractivity (Wildman–Crippen MR) is 169 cm³/mol. The van der Waals surface area contributed by atoms with Gasteiger partial charge in [0.2, 0.25) is 0 Å². The van der Waals surface area contributed by atoms with Gasteiger partial charge in [0.15, 0.2) is 6.29 Å². The first-order valence-corrected chi connectivity index (χ1v) is 17.7. The maximum absolute atomic E-state index is 10.9. The Morgan fingerprint density at radius 1 is 0.935 bits per heavy atom. The van der Waals surface area contributed by atoms with Gasteiger partial charge in [0.25, 0.3) is 0 Å². The summed E-state index contributed by atoms with van der Waals surface area (Å²) in [5, 5.41) is 72.8. The van der Waals surface area contributed by atoms with Gasteiger partial charge in [-0.3, -0.25) is 0 Å². The van der Waals surface area contributed by atoms with Crippen LogP contribution in [0.3, 0.4) is 0 Å². The summed E-state index contributed by atoms with van der Waals surface area (Å²) in [7, 11) is 0. The van der Waals surface area contributed by atoms with Crippen molar-refractivity contribution >= 4 is 0 Å². The van der Waals surface area contributed by atoms with E-state index in [1.54, 1.807) is 0 Å². The van der Waals surface area contributed by atoms with Gasteiger partial charge in [-0.25, -0.2) is 0 Å². The summed E-state index contributed by atoms with van der Waals surface area (Å²) in [5.74, 6) is 1.21. The SMILES string of the molecule is C[C@@H](CC(O)C(O)C(C)(C)O)[C@@H]1CC[C@]2(C)[C@H]3C=C[C@]45OC[C@@]3(CC[C@@]12C)C4CC[C@@H](O[C@H]1O[C@@H](CO)[C@H](O)[C@H](O)[C@@H]1O)C5(C)C. The van der Waals surface area contributed by atoms with E-state index in [4.69, 9.17) is 14.2 Å². The third-order valence-corrected chi connectivity index (χ3v) is 14.9. The molecule has 3 saturated carbocycles. The number of ether oxygens (including phenoxy) is 3. The molecular weight excluding hydrogens is 592 g/mol. The molecule has 0 aromatic carbocycles. The second-order valence-corrected chi connectivity index (χ2v) is 17.7. The third kappa shape index (κ3) is 4.72. The van der Waals surface area contributed by atoms with Crippen molar-refractivity contribution in [3.8, 4) is 0 Å². The van der Waals surface area contributed by atoms with E-state index in [0.717, 1.165) is 38.5 Å². The van der Waals surface area contributed by atoms with Gasteiger partial charge < -0.3 is 50.0 Å². The van der Waals surface area contributed by atoms with Gasteiger partial charge in [0.05, 0.1) is 36.6 Å². The van der Waals surface area contributed by atoms with Crippen LogP contribution in [0.4, 0.5) is 0 Å². The molecule has 0 aromatic rings. The van der Waals surface area contributed by atoms with Gasteiger partial charge in [0, 0.05) is 16.7 Å². The number of aliphatic hydroxyl groups is 7. The minimum Gasteiger partial charge on any atom is -0.394 e. The molecule has 0 aromatic heterocycles. The Hall–Kier alpha value is -0.660. The molecule has 46 heavy (non-hydrogen) atoms. The van der Waals surface area contributed by atoms with Crippen molar-refractivity contribution in [2.75, 3.05) is 13.2 Å². The second-order valence-electron chi connectivity index (χ2n) is 17.7. The Balaban J connectivity index is 1.24. The molecule has 7 N–H and O–H groups in total. The lowest BCUT2D eigenvalue weighted by Crippen LogP contribution is -2.66. The van der Waals surface area contributed by atoms with Crippen LogP contribution in [0.15, 0.2) is 12.2 Å². The summed E-state index contributed by atoms with van der Waals surface area (Å²) in [4.78, 5) is 0. The molecule has 0 amide bonds. The molecule has 5 fully saturated rings. The van der Waals surface area contributed by atoms with Crippen LogP contribution in [-0.4, -0.2) is 109 Å². The van der Waals surface area contributed by atoms with Crippen molar-refractivity contribution in [1.82, 2.24) is 0 Å². The van der Waals surface area contributed by atoms with E-state index >= 15 is 0 Å². The molecule has 16 atom stereocenters. The highest BCUT2D eigenvalue weighted by atomic mass is 16.7. The predicted octanol–water partition coefficient (Wildman–Crippen LogP) is 2.28. The third-order valence-electron chi connectivity index (χ3n) is 14.9. The summed E-state index contributed by atoms with van der Waals surface area (Å²) >= 11 is 0. The largest absolute Gasteiger partial charge is 0.394 e. The Labute approximate surface area is 274 Å². The van der Waals surface area contributed by atoms with Crippen LogP contribution in [0, 0.1) is 45.3 Å². The van der Waals surface area contributed by atoms with Crippen LogP contribution < -0.4 is 0 Å². The van der Waals surface area contributed by atoms with Crippen molar-refractivity contribution in [3.05, 3.63) is 12.2 Å². The lowest BCUT2D eigenvalue weighted by molar-refractivity contribution is -0.329. The number of allylic oxidation sites excluding steroid dienone is 1. The average molecular weight is 653 g/mol. The van der Waals surface area contributed by atoms with Gasteiger partial charge in [0.1, 0.15) is 30.5 Å². The van der Waals surface area contributed by atoms with Crippen molar-refractivity contribution in [2.45, 2.75) is 154 Å². The first kappa shape index (κ1) is 35.2. The highest BCUT2D eigenvalue weighted by molar-refractivity contribution is 5.33. The van der Waals surface area contributed by atoms with Gasteiger partial charge in [-0.05, 0) is 87.4 Å². The second kappa shape index (κ2) is 11.4. The van der Waals surface area contributed by atoms with E-state index in [9.17, 15) is 35.7 Å². The zero-order valence-electron chi connectivity index (χ0n) is 28.8. The van der Waals surface area contributed by atoms with Gasteiger partial charge in [-0.2, -0.15) is 0 Å². The zero-order chi connectivity index (χ0) is 33.8. The minimum absolute atomic E-state index is 0.0108. The van der Waals surface area contributed by atoms with E-state index in [0.29, 0.717) is 30.8 Å². The summed E-state index contributed by atoms with van der Waals surface area (Å²) < 4.78 is 19.2. The number of aliphatic hydroxyl groups excluding tert-OH is 6. The molecule has 2 saturated heterocycles. The molecule has 2 heterocycles. The standard InChI is InChI=1S/C36H60O10/c1-19(16-21(38)29(42)32(4,5)43)20-10-12-34(7)23-11-13-36-24(35(23,18-44-36)15-14-33(20,34)6)8-9-25(31(36,2)3)46-30-28(41)27(40)26(39)22(17-37)45-30/h11,13,19-30,37-43H,8-10,12,14-18H2,1-7H3/t19-,20-,21?,22-,23+,24?,25+,26-,27-,28-,29?,30+,33-,34+,35+,36-/m0/s1. The van der Waals surface area contributed by atoms with E-state index < -0.39 is 66.1 Å². The fourth-order valence-electron chi connectivity index (χ4n) is 11.9. The van der Waals surface area contributed by atoms with Crippen LogP contribution in [0.5, 0.6) is 0 Å². The lowest BCUT2D eigenvalue weighted by atomic mass is 9.38. The Morgan fingerprint density at radius 2 is 1.63 bits per heavy atom. The normalized spacial score (nSPS) is 51.6. The first-order valence-electron chi connectivity index (χ1n) is 17.7. The molecule has 1 spiro atoms. The molecule has 3 unspecified atom stereocenters. The highest BCUT2D eigenvalue weighted by Crippen LogP contribution is 2.77. The fourth-order valence-corrected chi connectivity index (χ4v) is 11.9. The van der Waals surface area contributed by atoms with Gasteiger partial charge >= 0.3 is 0 Å². The number of fused-ring (bicyclic) bond motifs is 2. The monoisotopic (exact) mass is 652 g/mol. The van der Waals surface area contributed by atoms with Crippen LogP contribution >= 0.6 is 0 Å². The highest BCUT2D eigenvalue weighted by Gasteiger charge is 2.75. The van der Waals surface area contributed by atoms with E-state index in [-0.39, 0.29) is 28.3 Å². The zero-order valence-corrected chi connectivity index (χ0v) is 28.8. The number of rotatable bonds is 8. The summed E-state index contributed by atoms with van der Waals surface area (Å²) in [6.07, 6.45) is 1.99. The minimum atomic E-state index is -1.49. The van der Waals surface area contributed by atoms with Crippen molar-refractivity contribution in [2.24, 2.45) is 45.3 Å². The number of hydrogen-bond donors (Lipinski definition) is 7. The van der Waals surface area contributed by atoms with Crippen molar-refractivity contribution in [3.63, 3.8) is 0 Å². The average Bonchev–Trinajstić information content (AvgIpc) is 3.38. The maximum Gasteiger partial charge on any atom is 0.186 e. The van der Waals surface area contributed by atoms with Gasteiger partial charge in [-0.1, -0.05) is 46.8 Å². The summed E-state index contributed by atoms with van der Waals surface area (Å²) in [6.45, 7) is 14.7. The summed E-state index contributed by atoms with van der Waals surface area (Å²) in [6, 6.07) is 0. The van der Waals surface area contributed by atoms with Crippen LogP contribution in [-0.2, 0) is 14.2 Å². The molecule has 6 rings (SSSR count). The van der Waals surface area contributed by atoms with Crippen molar-refractivity contribution < 1.29 is 50.0 Å². The lowest BCUT2D eigenvalue weighted by Gasteiger charge is -2.65. The first-order chi connectivity index (χ1) is 21.3. The molecule has 264 valence electrons. The van der Waals surface area contributed by atoms with E-state index in [2.05, 4.69) is 46.8 Å². The van der Waals surface area contributed by atoms with Crippen molar-refractivity contribution in [1.29, 1.82) is 0 Å². The number of hydrogen-bond acceptors (Lipinski definition) is 10. The van der Waals surface area contributed by atoms with E-state index in [1.165, 1.54) is 13.8 Å². The molecule has 2 aliphatic heterocycles. The summed E-state index contributed by atoms with van der Waals surface area (Å²) in [5.41, 5.74) is -2.34. The molecule has 0 radical (unpaired) electrons. The van der Waals surface area contributed by atoms with Gasteiger partial charge in [-0.15, -0.1) is 0 Å². The Morgan fingerprint density at radius 3 is 2.28 bits per heavy atom. The maximum atomic E-state index is 10.9. The molecular formula is C36H60O10. The molecule has 6 aliphatic rings. The molecule has 4 aliphatic carbocycles. The molecule has 2 bridgehead atoms. The Bertz CT molecular complexity index is 1170.